The number of hydrogen-bond acceptors (Lipinski definition) is 4. The van der Waals surface area contributed by atoms with Crippen molar-refractivity contribution in [1.29, 1.82) is 0 Å². The van der Waals surface area contributed by atoms with E-state index in [0.717, 1.165) is 18.2 Å². The maximum absolute atomic E-state index is 13.0. The van der Waals surface area contributed by atoms with Gasteiger partial charge in [-0.25, -0.2) is 0 Å². The summed E-state index contributed by atoms with van der Waals surface area (Å²) < 4.78 is 55.5. The Hall–Kier alpha value is -3.39. The van der Waals surface area contributed by atoms with Crippen molar-refractivity contribution in [3.8, 4) is 17.2 Å². The molecule has 0 saturated heterocycles. The summed E-state index contributed by atoms with van der Waals surface area (Å²) in [6.07, 6.45) is -4.56. The Labute approximate surface area is 194 Å². The number of methoxy groups -OCH3 is 1. The highest BCUT2D eigenvalue weighted by atomic mass is 35.5. The first-order chi connectivity index (χ1) is 15.7. The van der Waals surface area contributed by atoms with Crippen LogP contribution in [-0.2, 0) is 12.8 Å². The average Bonchev–Trinajstić information content (AvgIpc) is 2.79. The van der Waals surface area contributed by atoms with E-state index in [0.29, 0.717) is 29.4 Å². The molecule has 0 aliphatic heterocycles. The fraction of sp³-hybridized carbons (Fsp3) is 0.208. The minimum absolute atomic E-state index is 0.00894. The van der Waals surface area contributed by atoms with Gasteiger partial charge in [0.15, 0.2) is 0 Å². The minimum atomic E-state index is -4.56. The number of carbonyl (C=O) groups is 1. The van der Waals surface area contributed by atoms with Gasteiger partial charge in [0, 0.05) is 11.1 Å². The number of anilines is 1. The third-order valence-corrected chi connectivity index (χ3v) is 4.95. The summed E-state index contributed by atoms with van der Waals surface area (Å²) in [6.45, 7) is 2.33. The van der Waals surface area contributed by atoms with E-state index >= 15 is 0 Å². The van der Waals surface area contributed by atoms with Crippen molar-refractivity contribution in [2.24, 2.45) is 0 Å². The molecule has 0 aliphatic carbocycles. The van der Waals surface area contributed by atoms with Gasteiger partial charge in [-0.2, -0.15) is 13.2 Å². The topological polar surface area (TPSA) is 56.8 Å². The van der Waals surface area contributed by atoms with Crippen molar-refractivity contribution in [3.05, 3.63) is 82.4 Å². The molecule has 0 saturated carbocycles. The first kappa shape index (κ1) is 24.3. The summed E-state index contributed by atoms with van der Waals surface area (Å²) in [6, 6.07) is 14.4. The molecule has 3 aromatic rings. The Kier molecular flexibility index (Phi) is 7.71. The number of rotatable bonds is 8. The van der Waals surface area contributed by atoms with Gasteiger partial charge in [-0.3, -0.25) is 4.79 Å². The highest BCUT2D eigenvalue weighted by molar-refractivity contribution is 6.34. The van der Waals surface area contributed by atoms with Gasteiger partial charge in [-0.15, -0.1) is 0 Å². The zero-order valence-electron chi connectivity index (χ0n) is 17.8. The number of carbonyl (C=O) groups excluding carboxylic acids is 1. The lowest BCUT2D eigenvalue weighted by atomic mass is 10.1. The van der Waals surface area contributed by atoms with Crippen LogP contribution in [0.4, 0.5) is 18.9 Å². The van der Waals surface area contributed by atoms with Crippen molar-refractivity contribution in [3.63, 3.8) is 0 Å². The van der Waals surface area contributed by atoms with Gasteiger partial charge in [-0.05, 0) is 67.6 Å². The molecule has 3 aromatic carbocycles. The molecule has 0 unspecified atom stereocenters. The molecule has 0 fully saturated rings. The van der Waals surface area contributed by atoms with Gasteiger partial charge in [0.2, 0.25) is 0 Å². The van der Waals surface area contributed by atoms with E-state index in [1.807, 2.05) is 6.92 Å². The standard InChI is InChI=1S/C24H21ClF3NO4/c1-3-32-22-11-4-15(12-16(22)14-33-19-8-6-18(31-2)7-9-19)23(30)29-21-13-17(24(26,27)28)5-10-20(21)25/h4-13H,3,14H2,1-2H3,(H,29,30). The van der Waals surface area contributed by atoms with Crippen molar-refractivity contribution in [2.75, 3.05) is 19.0 Å². The van der Waals surface area contributed by atoms with Gasteiger partial charge < -0.3 is 19.5 Å². The zero-order valence-corrected chi connectivity index (χ0v) is 18.6. The number of hydrogen-bond donors (Lipinski definition) is 1. The molecule has 3 rings (SSSR count). The fourth-order valence-electron chi connectivity index (χ4n) is 2.95. The number of halogens is 4. The van der Waals surface area contributed by atoms with Crippen molar-refractivity contribution >= 4 is 23.2 Å². The van der Waals surface area contributed by atoms with E-state index in [9.17, 15) is 18.0 Å². The molecule has 0 atom stereocenters. The van der Waals surface area contributed by atoms with E-state index in [-0.39, 0.29) is 22.9 Å². The number of alkyl halides is 3. The summed E-state index contributed by atoms with van der Waals surface area (Å²) in [5, 5.41) is 2.43. The molecule has 33 heavy (non-hydrogen) atoms. The first-order valence-corrected chi connectivity index (χ1v) is 10.3. The molecular weight excluding hydrogens is 459 g/mol. The maximum Gasteiger partial charge on any atom is 0.416 e. The Morgan fingerprint density at radius 2 is 1.67 bits per heavy atom. The molecule has 0 aromatic heterocycles. The summed E-state index contributed by atoms with van der Waals surface area (Å²) in [7, 11) is 1.56. The molecule has 1 amide bonds. The first-order valence-electron chi connectivity index (χ1n) is 9.92. The van der Waals surface area contributed by atoms with Crippen LogP contribution in [0.25, 0.3) is 0 Å². The van der Waals surface area contributed by atoms with E-state index in [4.69, 9.17) is 25.8 Å². The minimum Gasteiger partial charge on any atom is -0.497 e. The van der Waals surface area contributed by atoms with E-state index < -0.39 is 17.6 Å². The fourth-order valence-corrected chi connectivity index (χ4v) is 3.12. The largest absolute Gasteiger partial charge is 0.497 e. The second-order valence-electron chi connectivity index (χ2n) is 6.87. The second kappa shape index (κ2) is 10.5. The van der Waals surface area contributed by atoms with Gasteiger partial charge in [0.25, 0.3) is 5.91 Å². The van der Waals surface area contributed by atoms with Crippen LogP contribution in [0.5, 0.6) is 17.2 Å². The highest BCUT2D eigenvalue weighted by Crippen LogP contribution is 2.34. The number of ether oxygens (including phenoxy) is 3. The highest BCUT2D eigenvalue weighted by Gasteiger charge is 2.31. The average molecular weight is 480 g/mol. The number of amides is 1. The van der Waals surface area contributed by atoms with Crippen LogP contribution in [0.3, 0.4) is 0 Å². The Morgan fingerprint density at radius 3 is 2.30 bits per heavy atom. The van der Waals surface area contributed by atoms with Gasteiger partial charge in [-0.1, -0.05) is 11.6 Å². The lowest BCUT2D eigenvalue weighted by Gasteiger charge is -2.15. The van der Waals surface area contributed by atoms with Crippen molar-refractivity contribution in [2.45, 2.75) is 19.7 Å². The molecule has 0 bridgehead atoms. The predicted molar refractivity (Wildman–Crippen MR) is 119 cm³/mol. The zero-order chi connectivity index (χ0) is 24.0. The lowest BCUT2D eigenvalue weighted by molar-refractivity contribution is -0.137. The van der Waals surface area contributed by atoms with Crippen LogP contribution < -0.4 is 19.5 Å². The maximum atomic E-state index is 13.0. The number of nitrogens with one attached hydrogen (secondary N) is 1. The van der Waals surface area contributed by atoms with E-state index in [2.05, 4.69) is 5.32 Å². The third kappa shape index (κ3) is 6.32. The Balaban J connectivity index is 1.81. The molecule has 1 N–H and O–H groups in total. The van der Waals surface area contributed by atoms with Crippen LogP contribution >= 0.6 is 11.6 Å². The normalized spacial score (nSPS) is 11.1. The van der Waals surface area contributed by atoms with E-state index in [1.54, 1.807) is 43.5 Å². The molecular formula is C24H21ClF3NO4. The molecule has 5 nitrogen and oxygen atoms in total. The molecule has 0 spiro atoms. The molecule has 9 heteroatoms. The van der Waals surface area contributed by atoms with Crippen LogP contribution in [0.2, 0.25) is 5.02 Å². The number of benzene rings is 3. The van der Waals surface area contributed by atoms with Gasteiger partial charge in [0.1, 0.15) is 23.9 Å². The summed E-state index contributed by atoms with van der Waals surface area (Å²) in [5.41, 5.74) is -0.250. The Bertz CT molecular complexity index is 1120. The molecule has 0 radical (unpaired) electrons. The van der Waals surface area contributed by atoms with Crippen molar-refractivity contribution in [1.82, 2.24) is 0 Å². The van der Waals surface area contributed by atoms with Crippen LogP contribution in [0, 0.1) is 0 Å². The van der Waals surface area contributed by atoms with Crippen LogP contribution in [-0.4, -0.2) is 19.6 Å². The molecule has 0 aliphatic rings. The summed E-state index contributed by atoms with van der Waals surface area (Å²) in [4.78, 5) is 12.7. The molecule has 0 heterocycles. The lowest BCUT2D eigenvalue weighted by Crippen LogP contribution is -2.14. The van der Waals surface area contributed by atoms with Crippen LogP contribution in [0.1, 0.15) is 28.4 Å². The van der Waals surface area contributed by atoms with Crippen LogP contribution in [0.15, 0.2) is 60.7 Å². The quantitative estimate of drug-likeness (QED) is 0.395. The summed E-state index contributed by atoms with van der Waals surface area (Å²) in [5.74, 6) is 1.18. The third-order valence-electron chi connectivity index (χ3n) is 4.62. The Morgan fingerprint density at radius 1 is 0.970 bits per heavy atom. The predicted octanol–water partition coefficient (Wildman–Crippen LogP) is 6.60. The molecule has 174 valence electrons. The van der Waals surface area contributed by atoms with E-state index in [1.165, 1.54) is 6.07 Å². The van der Waals surface area contributed by atoms with Crippen molar-refractivity contribution < 1.29 is 32.2 Å². The smallest absolute Gasteiger partial charge is 0.416 e. The monoisotopic (exact) mass is 479 g/mol. The second-order valence-corrected chi connectivity index (χ2v) is 7.27. The summed E-state index contributed by atoms with van der Waals surface area (Å²) >= 11 is 5.98. The van der Waals surface area contributed by atoms with Gasteiger partial charge >= 0.3 is 6.18 Å². The SMILES string of the molecule is CCOc1ccc(C(=O)Nc2cc(C(F)(F)F)ccc2Cl)cc1COc1ccc(OC)cc1. The van der Waals surface area contributed by atoms with Gasteiger partial charge in [0.05, 0.1) is 30.0 Å².